The molecule has 0 aliphatic heterocycles. The number of carboxylic acid groups (broad SMARTS) is 1. The number of imidazole rings is 1. The van der Waals surface area contributed by atoms with Gasteiger partial charge < -0.3 is 9.84 Å². The number of aromatic nitrogens is 2. The third kappa shape index (κ3) is 2.84. The molecule has 18 heavy (non-hydrogen) atoms. The van der Waals surface area contributed by atoms with Crippen LogP contribution < -0.4 is 4.74 Å². The van der Waals surface area contributed by atoms with Gasteiger partial charge in [0.05, 0.1) is 18.6 Å². The Kier molecular flexibility index (Phi) is 3.88. The van der Waals surface area contributed by atoms with Gasteiger partial charge in [0.15, 0.2) is 5.16 Å². The van der Waals surface area contributed by atoms with Crippen LogP contribution >= 0.6 is 11.8 Å². The van der Waals surface area contributed by atoms with Crippen LogP contribution in [0.4, 0.5) is 0 Å². The van der Waals surface area contributed by atoms with Gasteiger partial charge >= 0.3 is 5.97 Å². The first-order valence-corrected chi connectivity index (χ1v) is 6.21. The maximum atomic E-state index is 10.6. The van der Waals surface area contributed by atoms with E-state index in [0.29, 0.717) is 5.16 Å². The van der Waals surface area contributed by atoms with Gasteiger partial charge in [-0.3, -0.25) is 9.36 Å². The van der Waals surface area contributed by atoms with Crippen molar-refractivity contribution >= 4 is 17.7 Å². The Labute approximate surface area is 108 Å². The third-order valence-corrected chi connectivity index (χ3v) is 3.21. The number of nitrogens with zero attached hydrogens (tertiary/aromatic N) is 2. The van der Waals surface area contributed by atoms with Crippen LogP contribution in [-0.2, 0) is 4.79 Å². The fraction of sp³-hybridized carbons (Fsp3) is 0.167. The van der Waals surface area contributed by atoms with E-state index in [2.05, 4.69) is 4.98 Å². The quantitative estimate of drug-likeness (QED) is 0.837. The number of benzene rings is 1. The SMILES string of the molecule is COc1cccc(-n2ccnc2SCC(=O)O)c1. The molecule has 0 radical (unpaired) electrons. The second-order valence-electron chi connectivity index (χ2n) is 3.46. The highest BCUT2D eigenvalue weighted by molar-refractivity contribution is 7.99. The summed E-state index contributed by atoms with van der Waals surface area (Å²) in [6.45, 7) is 0. The van der Waals surface area contributed by atoms with Crippen LogP contribution in [0.5, 0.6) is 5.75 Å². The van der Waals surface area contributed by atoms with Crippen molar-refractivity contribution in [3.8, 4) is 11.4 Å². The average molecular weight is 264 g/mol. The number of hydrogen-bond donors (Lipinski definition) is 1. The van der Waals surface area contributed by atoms with Gasteiger partial charge in [-0.15, -0.1) is 0 Å². The Hall–Kier alpha value is -1.95. The zero-order valence-corrected chi connectivity index (χ0v) is 10.6. The Balaban J connectivity index is 2.27. The summed E-state index contributed by atoms with van der Waals surface area (Å²) in [6, 6.07) is 7.51. The largest absolute Gasteiger partial charge is 0.497 e. The average Bonchev–Trinajstić information content (AvgIpc) is 2.84. The van der Waals surface area contributed by atoms with E-state index in [4.69, 9.17) is 9.84 Å². The summed E-state index contributed by atoms with van der Waals surface area (Å²) in [5.74, 6) is -0.128. The summed E-state index contributed by atoms with van der Waals surface area (Å²) < 4.78 is 6.99. The highest BCUT2D eigenvalue weighted by Gasteiger charge is 2.08. The predicted molar refractivity (Wildman–Crippen MR) is 68.5 cm³/mol. The molecule has 1 N–H and O–H groups in total. The number of rotatable bonds is 5. The molecule has 1 aromatic heterocycles. The number of aliphatic carboxylic acids is 1. The number of ether oxygens (including phenoxy) is 1. The van der Waals surface area contributed by atoms with E-state index in [9.17, 15) is 4.79 Å². The Morgan fingerprint density at radius 3 is 3.11 bits per heavy atom. The number of carboxylic acids is 1. The lowest BCUT2D eigenvalue weighted by molar-refractivity contribution is -0.133. The minimum atomic E-state index is -0.861. The van der Waals surface area contributed by atoms with Gasteiger partial charge in [-0.2, -0.15) is 0 Å². The highest BCUT2D eigenvalue weighted by atomic mass is 32.2. The molecule has 0 bridgehead atoms. The first-order chi connectivity index (χ1) is 8.70. The molecule has 0 aliphatic rings. The lowest BCUT2D eigenvalue weighted by Crippen LogP contribution is -2.01. The van der Waals surface area contributed by atoms with Crippen molar-refractivity contribution in [2.45, 2.75) is 5.16 Å². The number of methoxy groups -OCH3 is 1. The molecular formula is C12H12N2O3S. The summed E-state index contributed by atoms with van der Waals surface area (Å²) in [5.41, 5.74) is 0.889. The Morgan fingerprint density at radius 1 is 1.56 bits per heavy atom. The molecule has 2 aromatic rings. The molecular weight excluding hydrogens is 252 g/mol. The summed E-state index contributed by atoms with van der Waals surface area (Å²) in [6.07, 6.45) is 3.43. The molecule has 0 fully saturated rings. The summed E-state index contributed by atoms with van der Waals surface area (Å²) in [5, 5.41) is 9.32. The van der Waals surface area contributed by atoms with E-state index in [1.54, 1.807) is 19.5 Å². The van der Waals surface area contributed by atoms with Crippen molar-refractivity contribution in [1.29, 1.82) is 0 Å². The van der Waals surface area contributed by atoms with Gasteiger partial charge in [-0.05, 0) is 12.1 Å². The van der Waals surface area contributed by atoms with E-state index in [0.717, 1.165) is 11.4 Å². The molecule has 0 amide bonds. The van der Waals surface area contributed by atoms with E-state index in [1.807, 2.05) is 28.8 Å². The van der Waals surface area contributed by atoms with Crippen LogP contribution in [0.3, 0.4) is 0 Å². The normalized spacial score (nSPS) is 10.3. The second kappa shape index (κ2) is 5.59. The second-order valence-corrected chi connectivity index (χ2v) is 4.41. The van der Waals surface area contributed by atoms with Crippen LogP contribution in [0.1, 0.15) is 0 Å². The van der Waals surface area contributed by atoms with Gasteiger partial charge in [0.25, 0.3) is 0 Å². The first-order valence-electron chi connectivity index (χ1n) is 5.23. The predicted octanol–water partition coefficient (Wildman–Crippen LogP) is 2.06. The Bertz CT molecular complexity index is 554. The number of hydrogen-bond acceptors (Lipinski definition) is 4. The van der Waals surface area contributed by atoms with E-state index in [1.165, 1.54) is 11.8 Å². The van der Waals surface area contributed by atoms with Crippen molar-refractivity contribution in [2.75, 3.05) is 12.9 Å². The smallest absolute Gasteiger partial charge is 0.313 e. The van der Waals surface area contributed by atoms with E-state index >= 15 is 0 Å². The lowest BCUT2D eigenvalue weighted by Gasteiger charge is -2.08. The van der Waals surface area contributed by atoms with Crippen LogP contribution in [0.15, 0.2) is 41.8 Å². The molecule has 0 saturated heterocycles. The first kappa shape index (κ1) is 12.5. The molecule has 0 aliphatic carbocycles. The lowest BCUT2D eigenvalue weighted by atomic mass is 10.3. The zero-order valence-electron chi connectivity index (χ0n) is 9.74. The van der Waals surface area contributed by atoms with Crippen LogP contribution in [0, 0.1) is 0 Å². The van der Waals surface area contributed by atoms with Crippen molar-refractivity contribution in [3.05, 3.63) is 36.7 Å². The molecule has 6 heteroatoms. The van der Waals surface area contributed by atoms with Crippen LogP contribution in [0.2, 0.25) is 0 Å². The number of thioether (sulfide) groups is 1. The summed E-state index contributed by atoms with van der Waals surface area (Å²) in [4.78, 5) is 14.7. The third-order valence-electron chi connectivity index (χ3n) is 2.26. The number of carbonyl (C=O) groups is 1. The van der Waals surface area contributed by atoms with Crippen molar-refractivity contribution in [1.82, 2.24) is 9.55 Å². The zero-order chi connectivity index (χ0) is 13.0. The maximum Gasteiger partial charge on any atom is 0.313 e. The Morgan fingerprint density at radius 2 is 2.39 bits per heavy atom. The molecule has 1 aromatic carbocycles. The highest BCUT2D eigenvalue weighted by Crippen LogP contribution is 2.22. The molecule has 1 heterocycles. The minimum Gasteiger partial charge on any atom is -0.497 e. The topological polar surface area (TPSA) is 64.4 Å². The molecule has 0 saturated carbocycles. The molecule has 5 nitrogen and oxygen atoms in total. The van der Waals surface area contributed by atoms with E-state index < -0.39 is 5.97 Å². The van der Waals surface area contributed by atoms with Gasteiger partial charge in [-0.25, -0.2) is 4.98 Å². The monoisotopic (exact) mass is 264 g/mol. The van der Waals surface area contributed by atoms with Crippen LogP contribution in [-0.4, -0.2) is 33.5 Å². The summed E-state index contributed by atoms with van der Waals surface area (Å²) in [7, 11) is 1.60. The van der Waals surface area contributed by atoms with Gasteiger partial charge in [-0.1, -0.05) is 17.8 Å². The van der Waals surface area contributed by atoms with Crippen molar-refractivity contribution in [2.24, 2.45) is 0 Å². The molecule has 2 rings (SSSR count). The summed E-state index contributed by atoms with van der Waals surface area (Å²) >= 11 is 1.18. The minimum absolute atomic E-state index is 0.0129. The standard InChI is InChI=1S/C12H12N2O3S/c1-17-10-4-2-3-9(7-10)14-6-5-13-12(14)18-8-11(15)16/h2-7H,8H2,1H3,(H,15,16). The fourth-order valence-electron chi connectivity index (χ4n) is 1.48. The van der Waals surface area contributed by atoms with Crippen LogP contribution in [0.25, 0.3) is 5.69 Å². The van der Waals surface area contributed by atoms with Gasteiger partial charge in [0.1, 0.15) is 5.75 Å². The fourth-order valence-corrected chi connectivity index (χ4v) is 2.17. The molecule has 0 atom stereocenters. The van der Waals surface area contributed by atoms with Crippen molar-refractivity contribution < 1.29 is 14.6 Å². The molecule has 0 spiro atoms. The molecule has 94 valence electrons. The van der Waals surface area contributed by atoms with Gasteiger partial charge in [0, 0.05) is 18.5 Å². The van der Waals surface area contributed by atoms with E-state index in [-0.39, 0.29) is 5.75 Å². The van der Waals surface area contributed by atoms with Gasteiger partial charge in [0.2, 0.25) is 0 Å². The maximum absolute atomic E-state index is 10.6. The molecule has 0 unspecified atom stereocenters. The van der Waals surface area contributed by atoms with Crippen molar-refractivity contribution in [3.63, 3.8) is 0 Å².